The number of hydrogen-bond acceptors (Lipinski definition) is 7. The summed E-state index contributed by atoms with van der Waals surface area (Å²) >= 11 is 7.87. The van der Waals surface area contributed by atoms with Gasteiger partial charge in [-0.25, -0.2) is 4.68 Å². The molecule has 3 N–H and O–H groups in total. The standard InChI is InChI=1S/C25H31ClIN3O5/c1-16-23(13-31)30(29-28-16)12-20(33)15-34-21-7-4-17(5-8-21)25(2,3)18-6-9-24(22(27)10-18)35-14-19(32)11-26/h4-10,19-20,31-33H,11-15H2,1-3H3. The van der Waals surface area contributed by atoms with Gasteiger partial charge in [0.15, 0.2) is 0 Å². The molecule has 0 saturated heterocycles. The summed E-state index contributed by atoms with van der Waals surface area (Å²) in [6, 6.07) is 13.8. The zero-order valence-electron chi connectivity index (χ0n) is 20.0. The van der Waals surface area contributed by atoms with Crippen LogP contribution in [0.25, 0.3) is 0 Å². The molecule has 2 atom stereocenters. The van der Waals surface area contributed by atoms with Crippen molar-refractivity contribution >= 4 is 34.2 Å². The summed E-state index contributed by atoms with van der Waals surface area (Å²) in [5, 5.41) is 37.3. The highest BCUT2D eigenvalue weighted by atomic mass is 127. The Labute approximate surface area is 224 Å². The number of hydrogen-bond donors (Lipinski definition) is 3. The lowest BCUT2D eigenvalue weighted by Gasteiger charge is -2.27. The zero-order valence-corrected chi connectivity index (χ0v) is 22.9. The molecular formula is C25H31ClIN3O5. The number of alkyl halides is 1. The molecule has 1 heterocycles. The van der Waals surface area contributed by atoms with E-state index in [4.69, 9.17) is 21.1 Å². The highest BCUT2D eigenvalue weighted by Gasteiger charge is 2.24. The molecular weight excluding hydrogens is 585 g/mol. The van der Waals surface area contributed by atoms with Crippen LogP contribution in [0.5, 0.6) is 11.5 Å². The maximum atomic E-state index is 10.3. The smallest absolute Gasteiger partial charge is 0.132 e. The van der Waals surface area contributed by atoms with Crippen molar-refractivity contribution < 1.29 is 24.8 Å². The number of ether oxygens (including phenoxy) is 2. The fourth-order valence-electron chi connectivity index (χ4n) is 3.58. The van der Waals surface area contributed by atoms with E-state index in [1.807, 2.05) is 36.4 Å². The number of aliphatic hydroxyl groups excluding tert-OH is 3. The molecule has 1 aromatic heterocycles. The minimum Gasteiger partial charge on any atom is -0.491 e. The van der Waals surface area contributed by atoms with E-state index in [1.54, 1.807) is 6.92 Å². The Hall–Kier alpha value is -1.92. The van der Waals surface area contributed by atoms with Gasteiger partial charge in [-0.1, -0.05) is 37.3 Å². The van der Waals surface area contributed by atoms with Gasteiger partial charge in [-0.2, -0.15) is 0 Å². The average Bonchev–Trinajstić information content (AvgIpc) is 3.20. The minimum atomic E-state index is -0.800. The highest BCUT2D eigenvalue weighted by Crippen LogP contribution is 2.35. The first-order valence-electron chi connectivity index (χ1n) is 11.2. The molecule has 0 saturated carbocycles. The topological polar surface area (TPSA) is 110 Å². The van der Waals surface area contributed by atoms with Crippen LogP contribution in [0.2, 0.25) is 0 Å². The largest absolute Gasteiger partial charge is 0.491 e. The van der Waals surface area contributed by atoms with Gasteiger partial charge in [0.25, 0.3) is 0 Å². The Morgan fingerprint density at radius 1 is 1.03 bits per heavy atom. The molecule has 10 heteroatoms. The van der Waals surface area contributed by atoms with Crippen molar-refractivity contribution in [2.24, 2.45) is 0 Å². The Balaban J connectivity index is 1.61. The molecule has 0 spiro atoms. The minimum absolute atomic E-state index is 0.0879. The lowest BCUT2D eigenvalue weighted by molar-refractivity contribution is 0.0866. The normalized spacial score (nSPS) is 13.5. The van der Waals surface area contributed by atoms with Gasteiger partial charge in [-0.15, -0.1) is 16.7 Å². The number of nitrogens with zero attached hydrogens (tertiary/aromatic N) is 3. The van der Waals surface area contributed by atoms with Crippen molar-refractivity contribution in [3.63, 3.8) is 0 Å². The van der Waals surface area contributed by atoms with Gasteiger partial charge in [0.1, 0.15) is 36.9 Å². The average molecular weight is 616 g/mol. The molecule has 0 fully saturated rings. The summed E-state index contributed by atoms with van der Waals surface area (Å²) < 4.78 is 13.9. The number of halogens is 2. The summed E-state index contributed by atoms with van der Waals surface area (Å²) in [5.41, 5.74) is 3.19. The Bertz CT molecular complexity index is 1110. The Morgan fingerprint density at radius 3 is 2.31 bits per heavy atom. The third kappa shape index (κ3) is 7.07. The van der Waals surface area contributed by atoms with Crippen molar-refractivity contribution in [2.45, 2.75) is 51.5 Å². The first kappa shape index (κ1) is 27.7. The number of rotatable bonds is 12. The maximum absolute atomic E-state index is 10.3. The summed E-state index contributed by atoms with van der Waals surface area (Å²) in [7, 11) is 0. The third-order valence-electron chi connectivity index (χ3n) is 5.85. The van der Waals surface area contributed by atoms with Crippen molar-refractivity contribution in [3.8, 4) is 11.5 Å². The third-order valence-corrected chi connectivity index (χ3v) is 7.05. The summed E-state index contributed by atoms with van der Waals surface area (Å²) in [6.07, 6.45) is -1.50. The van der Waals surface area contributed by atoms with E-state index in [-0.39, 0.29) is 37.7 Å². The first-order chi connectivity index (χ1) is 16.6. The van der Waals surface area contributed by atoms with Gasteiger partial charge in [0, 0.05) is 5.41 Å². The van der Waals surface area contributed by atoms with Crippen LogP contribution in [0.3, 0.4) is 0 Å². The SMILES string of the molecule is Cc1nnn(CC(O)COc2ccc(C(C)(C)c3ccc(OCC(O)CCl)c(I)c3)cc2)c1CO. The Kier molecular flexibility index (Phi) is 9.77. The predicted octanol–water partition coefficient (Wildman–Crippen LogP) is 3.43. The second kappa shape index (κ2) is 12.4. The first-order valence-corrected chi connectivity index (χ1v) is 12.8. The predicted molar refractivity (Wildman–Crippen MR) is 142 cm³/mol. The number of aliphatic hydroxyl groups is 3. The van der Waals surface area contributed by atoms with Gasteiger partial charge in [0.2, 0.25) is 0 Å². The lowest BCUT2D eigenvalue weighted by Crippen LogP contribution is -2.25. The van der Waals surface area contributed by atoms with Crippen LogP contribution >= 0.6 is 34.2 Å². The van der Waals surface area contributed by atoms with E-state index < -0.39 is 12.2 Å². The van der Waals surface area contributed by atoms with Crippen LogP contribution in [-0.2, 0) is 18.6 Å². The molecule has 3 aromatic rings. The molecule has 0 amide bonds. The van der Waals surface area contributed by atoms with E-state index in [1.165, 1.54) is 4.68 Å². The second-order valence-electron chi connectivity index (χ2n) is 8.84. The zero-order chi connectivity index (χ0) is 25.6. The number of aryl methyl sites for hydroxylation is 1. The molecule has 2 unspecified atom stereocenters. The molecule has 3 rings (SSSR count). The van der Waals surface area contributed by atoms with Crippen LogP contribution in [-0.4, -0.2) is 61.6 Å². The van der Waals surface area contributed by atoms with Gasteiger partial charge in [-0.05, 0) is 64.9 Å². The van der Waals surface area contributed by atoms with Gasteiger partial charge < -0.3 is 24.8 Å². The molecule has 190 valence electrons. The summed E-state index contributed by atoms with van der Waals surface area (Å²) in [4.78, 5) is 0. The van der Waals surface area contributed by atoms with Crippen LogP contribution in [0.4, 0.5) is 0 Å². The number of aromatic nitrogens is 3. The Morgan fingerprint density at radius 2 is 1.69 bits per heavy atom. The van der Waals surface area contributed by atoms with Crippen LogP contribution in [0.15, 0.2) is 42.5 Å². The quantitative estimate of drug-likeness (QED) is 0.212. The van der Waals surface area contributed by atoms with Crippen molar-refractivity contribution in [2.75, 3.05) is 19.1 Å². The molecule has 0 aliphatic carbocycles. The van der Waals surface area contributed by atoms with Crippen molar-refractivity contribution in [1.82, 2.24) is 15.0 Å². The summed E-state index contributed by atoms with van der Waals surface area (Å²) in [5.74, 6) is 1.49. The fourth-order valence-corrected chi connectivity index (χ4v) is 4.34. The van der Waals surface area contributed by atoms with Crippen LogP contribution in [0.1, 0.15) is 36.4 Å². The fraction of sp³-hybridized carbons (Fsp3) is 0.440. The van der Waals surface area contributed by atoms with E-state index in [0.29, 0.717) is 22.9 Å². The van der Waals surface area contributed by atoms with E-state index in [0.717, 1.165) is 14.7 Å². The van der Waals surface area contributed by atoms with E-state index in [9.17, 15) is 15.3 Å². The molecule has 35 heavy (non-hydrogen) atoms. The maximum Gasteiger partial charge on any atom is 0.132 e. The molecule has 8 nitrogen and oxygen atoms in total. The molecule has 0 radical (unpaired) electrons. The molecule has 0 bridgehead atoms. The van der Waals surface area contributed by atoms with E-state index in [2.05, 4.69) is 52.8 Å². The van der Waals surface area contributed by atoms with Crippen molar-refractivity contribution in [3.05, 3.63) is 68.5 Å². The highest BCUT2D eigenvalue weighted by molar-refractivity contribution is 14.1. The monoisotopic (exact) mass is 615 g/mol. The summed E-state index contributed by atoms with van der Waals surface area (Å²) in [6.45, 7) is 6.30. The molecule has 0 aliphatic heterocycles. The molecule has 2 aromatic carbocycles. The van der Waals surface area contributed by atoms with Crippen LogP contribution in [0, 0.1) is 10.5 Å². The molecule has 0 aliphatic rings. The van der Waals surface area contributed by atoms with Gasteiger partial charge in [0.05, 0.1) is 34.0 Å². The van der Waals surface area contributed by atoms with Crippen LogP contribution < -0.4 is 9.47 Å². The van der Waals surface area contributed by atoms with Gasteiger partial charge in [-0.3, -0.25) is 0 Å². The second-order valence-corrected chi connectivity index (χ2v) is 10.3. The van der Waals surface area contributed by atoms with E-state index >= 15 is 0 Å². The van der Waals surface area contributed by atoms with Gasteiger partial charge >= 0.3 is 0 Å². The lowest BCUT2D eigenvalue weighted by atomic mass is 9.78. The van der Waals surface area contributed by atoms with Crippen molar-refractivity contribution in [1.29, 1.82) is 0 Å². The number of benzene rings is 2.